The fraction of sp³-hybridized carbons (Fsp3) is 0.750. The lowest BCUT2D eigenvalue weighted by molar-refractivity contribution is 0.0596. The average Bonchev–Trinajstić information content (AvgIpc) is 2.86. The molecule has 2 fully saturated rings. The van der Waals surface area contributed by atoms with E-state index < -0.39 is 0 Å². The molecule has 3 atom stereocenters. The number of fused-ring (bicyclic) bond motifs is 1. The van der Waals surface area contributed by atoms with Gasteiger partial charge in [-0.05, 0) is 50.3 Å². The van der Waals surface area contributed by atoms with Crippen LogP contribution in [0.3, 0.4) is 0 Å². The van der Waals surface area contributed by atoms with E-state index in [4.69, 9.17) is 5.73 Å². The van der Waals surface area contributed by atoms with Gasteiger partial charge >= 0.3 is 0 Å². The summed E-state index contributed by atoms with van der Waals surface area (Å²) in [6.45, 7) is 5.48. The molecule has 1 aromatic rings. The van der Waals surface area contributed by atoms with Gasteiger partial charge in [0, 0.05) is 22.8 Å². The quantitative estimate of drug-likeness (QED) is 0.916. The third-order valence-electron chi connectivity index (χ3n) is 5.08. The summed E-state index contributed by atoms with van der Waals surface area (Å²) in [6.07, 6.45) is 7.23. The van der Waals surface area contributed by atoms with Gasteiger partial charge < -0.3 is 5.73 Å². The number of hydrogen-bond acceptors (Lipinski definition) is 3. The Hall–Kier alpha value is -0.380. The van der Waals surface area contributed by atoms with Crippen LogP contribution in [0.2, 0.25) is 0 Å². The predicted molar refractivity (Wildman–Crippen MR) is 82.5 cm³/mol. The molecule has 1 aromatic heterocycles. The lowest BCUT2D eigenvalue weighted by Crippen LogP contribution is -2.45. The van der Waals surface area contributed by atoms with Gasteiger partial charge in [-0.2, -0.15) is 0 Å². The van der Waals surface area contributed by atoms with Crippen molar-refractivity contribution in [2.45, 2.75) is 45.1 Å². The SMILES string of the molecule is Cc1ccc(C(CN)N2CCC3CCCCC3C2)s1. The number of likely N-dealkylation sites (tertiary alicyclic amines) is 1. The highest BCUT2D eigenvalue weighted by Gasteiger charge is 2.34. The Morgan fingerprint density at radius 3 is 2.74 bits per heavy atom. The van der Waals surface area contributed by atoms with Crippen LogP contribution in [-0.2, 0) is 0 Å². The molecule has 2 aliphatic rings. The second-order valence-corrected chi connectivity index (χ2v) is 7.61. The Balaban J connectivity index is 1.70. The van der Waals surface area contributed by atoms with Crippen LogP contribution in [0.1, 0.15) is 47.9 Å². The average molecular weight is 278 g/mol. The molecule has 1 aliphatic heterocycles. The van der Waals surface area contributed by atoms with Crippen molar-refractivity contribution in [3.8, 4) is 0 Å². The fourth-order valence-electron chi connectivity index (χ4n) is 3.99. The van der Waals surface area contributed by atoms with E-state index in [1.54, 1.807) is 0 Å². The van der Waals surface area contributed by atoms with Crippen molar-refractivity contribution in [1.29, 1.82) is 0 Å². The minimum atomic E-state index is 0.460. The Kier molecular flexibility index (Phi) is 4.25. The Labute approximate surface area is 121 Å². The lowest BCUT2D eigenvalue weighted by atomic mass is 9.75. The molecule has 1 saturated heterocycles. The van der Waals surface area contributed by atoms with E-state index >= 15 is 0 Å². The van der Waals surface area contributed by atoms with Crippen LogP contribution in [0.25, 0.3) is 0 Å². The molecule has 2 heterocycles. The van der Waals surface area contributed by atoms with Gasteiger partial charge in [0.2, 0.25) is 0 Å². The zero-order chi connectivity index (χ0) is 13.2. The molecule has 1 aliphatic carbocycles. The largest absolute Gasteiger partial charge is 0.329 e. The molecule has 2 N–H and O–H groups in total. The van der Waals surface area contributed by atoms with Gasteiger partial charge in [-0.25, -0.2) is 0 Å². The van der Waals surface area contributed by atoms with Crippen LogP contribution in [0.4, 0.5) is 0 Å². The van der Waals surface area contributed by atoms with Crippen LogP contribution in [-0.4, -0.2) is 24.5 Å². The van der Waals surface area contributed by atoms with Crippen LogP contribution in [0.5, 0.6) is 0 Å². The second kappa shape index (κ2) is 5.94. The second-order valence-electron chi connectivity index (χ2n) is 6.29. The smallest absolute Gasteiger partial charge is 0.0564 e. The molecular weight excluding hydrogens is 252 g/mol. The van der Waals surface area contributed by atoms with Crippen molar-refractivity contribution in [2.75, 3.05) is 19.6 Å². The van der Waals surface area contributed by atoms with E-state index in [1.165, 1.54) is 54.9 Å². The summed E-state index contributed by atoms with van der Waals surface area (Å²) in [6, 6.07) is 4.97. The Morgan fingerprint density at radius 1 is 1.26 bits per heavy atom. The number of rotatable bonds is 3. The first kappa shape index (κ1) is 13.6. The highest BCUT2D eigenvalue weighted by Crippen LogP contribution is 2.39. The molecule has 3 unspecified atom stereocenters. The number of nitrogens with two attached hydrogens (primary N) is 1. The van der Waals surface area contributed by atoms with Crippen LogP contribution in [0, 0.1) is 18.8 Å². The fourth-order valence-corrected chi connectivity index (χ4v) is 5.02. The van der Waals surface area contributed by atoms with Crippen molar-refractivity contribution >= 4 is 11.3 Å². The molecule has 0 spiro atoms. The molecule has 19 heavy (non-hydrogen) atoms. The number of thiophene rings is 1. The Morgan fingerprint density at radius 2 is 2.05 bits per heavy atom. The van der Waals surface area contributed by atoms with E-state index in [1.807, 2.05) is 11.3 Å². The molecule has 2 nitrogen and oxygen atoms in total. The summed E-state index contributed by atoms with van der Waals surface area (Å²) >= 11 is 1.92. The first-order valence-electron chi connectivity index (χ1n) is 7.78. The molecule has 3 rings (SSSR count). The highest BCUT2D eigenvalue weighted by molar-refractivity contribution is 7.12. The van der Waals surface area contributed by atoms with Gasteiger partial charge in [0.05, 0.1) is 6.04 Å². The van der Waals surface area contributed by atoms with Crippen molar-refractivity contribution < 1.29 is 0 Å². The standard InChI is InChI=1S/C16H26N2S/c1-12-6-7-16(19-12)15(10-17)18-9-8-13-4-2-3-5-14(13)11-18/h6-7,13-15H,2-5,8-11,17H2,1H3. The summed E-state index contributed by atoms with van der Waals surface area (Å²) in [5.41, 5.74) is 6.08. The third-order valence-corrected chi connectivity index (χ3v) is 6.18. The first-order chi connectivity index (χ1) is 9.28. The minimum absolute atomic E-state index is 0.460. The molecule has 0 radical (unpaired) electrons. The van der Waals surface area contributed by atoms with Crippen LogP contribution >= 0.6 is 11.3 Å². The molecule has 1 saturated carbocycles. The third kappa shape index (κ3) is 2.88. The maximum atomic E-state index is 6.08. The summed E-state index contributed by atoms with van der Waals surface area (Å²) < 4.78 is 0. The van der Waals surface area contributed by atoms with Gasteiger partial charge in [-0.15, -0.1) is 11.3 Å². The van der Waals surface area contributed by atoms with Gasteiger partial charge in [-0.1, -0.05) is 19.3 Å². The zero-order valence-electron chi connectivity index (χ0n) is 12.0. The number of nitrogens with zero attached hydrogens (tertiary/aromatic N) is 1. The van der Waals surface area contributed by atoms with Crippen LogP contribution < -0.4 is 5.73 Å². The van der Waals surface area contributed by atoms with Gasteiger partial charge in [0.1, 0.15) is 0 Å². The minimum Gasteiger partial charge on any atom is -0.329 e. The van der Waals surface area contributed by atoms with Gasteiger partial charge in [0.25, 0.3) is 0 Å². The van der Waals surface area contributed by atoms with Crippen molar-refractivity contribution in [3.05, 3.63) is 21.9 Å². The summed E-state index contributed by atoms with van der Waals surface area (Å²) in [4.78, 5) is 5.54. The number of piperidine rings is 1. The van der Waals surface area contributed by atoms with E-state index in [0.717, 1.165) is 18.4 Å². The predicted octanol–water partition coefficient (Wildman–Crippen LogP) is 3.57. The van der Waals surface area contributed by atoms with E-state index in [2.05, 4.69) is 24.0 Å². The molecule has 3 heteroatoms. The Bertz CT molecular complexity index is 415. The maximum Gasteiger partial charge on any atom is 0.0564 e. The van der Waals surface area contributed by atoms with Crippen molar-refractivity contribution in [1.82, 2.24) is 4.90 Å². The topological polar surface area (TPSA) is 29.3 Å². The summed E-state index contributed by atoms with van der Waals surface area (Å²) in [7, 11) is 0. The van der Waals surface area contributed by atoms with Gasteiger partial charge in [-0.3, -0.25) is 4.90 Å². The zero-order valence-corrected chi connectivity index (χ0v) is 12.8. The molecule has 106 valence electrons. The summed E-state index contributed by atoms with van der Waals surface area (Å²) in [5, 5.41) is 0. The van der Waals surface area contributed by atoms with Gasteiger partial charge in [0.15, 0.2) is 0 Å². The van der Waals surface area contributed by atoms with Crippen molar-refractivity contribution in [2.24, 2.45) is 17.6 Å². The first-order valence-corrected chi connectivity index (χ1v) is 8.60. The van der Waals surface area contributed by atoms with E-state index in [0.29, 0.717) is 6.04 Å². The monoisotopic (exact) mass is 278 g/mol. The lowest BCUT2D eigenvalue weighted by Gasteiger charge is -2.44. The highest BCUT2D eigenvalue weighted by atomic mass is 32.1. The molecule has 0 bridgehead atoms. The van der Waals surface area contributed by atoms with Crippen LogP contribution in [0.15, 0.2) is 12.1 Å². The van der Waals surface area contributed by atoms with Crippen molar-refractivity contribution in [3.63, 3.8) is 0 Å². The number of aryl methyl sites for hydroxylation is 1. The normalized spacial score (nSPS) is 30.0. The molecule has 0 amide bonds. The molecular formula is C16H26N2S. The van der Waals surface area contributed by atoms with E-state index in [9.17, 15) is 0 Å². The summed E-state index contributed by atoms with van der Waals surface area (Å²) in [5.74, 6) is 1.95. The van der Waals surface area contributed by atoms with E-state index in [-0.39, 0.29) is 0 Å². The number of hydrogen-bond donors (Lipinski definition) is 1. The molecule has 0 aromatic carbocycles. The maximum absolute atomic E-state index is 6.08.